The van der Waals surface area contributed by atoms with Crippen LogP contribution in [0, 0.1) is 11.7 Å². The Morgan fingerprint density at radius 1 is 1.44 bits per heavy atom. The van der Waals surface area contributed by atoms with Crippen LogP contribution in [0.4, 0.5) is 4.39 Å². The molecule has 0 aliphatic carbocycles. The van der Waals surface area contributed by atoms with E-state index in [1.165, 1.54) is 6.07 Å². The molecule has 2 unspecified atom stereocenters. The standard InChI is InChI=1S/C14H21FN2O/c1-3-6-11(9-16)14(18)17-10(2)12-7-4-5-8-13(12)15/h4-5,7-8,10-11H,3,6,9,16H2,1-2H3,(H,17,18). The van der Waals surface area contributed by atoms with Gasteiger partial charge in [-0.1, -0.05) is 31.5 Å². The Hall–Kier alpha value is -1.42. The Balaban J connectivity index is 2.67. The third-order valence-corrected chi connectivity index (χ3v) is 3.02. The maximum atomic E-state index is 13.5. The molecule has 0 saturated carbocycles. The van der Waals surface area contributed by atoms with Crippen molar-refractivity contribution in [1.29, 1.82) is 0 Å². The summed E-state index contributed by atoms with van der Waals surface area (Å²) in [6, 6.07) is 6.12. The van der Waals surface area contributed by atoms with Crippen LogP contribution in [0.25, 0.3) is 0 Å². The van der Waals surface area contributed by atoms with Crippen LogP contribution >= 0.6 is 0 Å². The fourth-order valence-electron chi connectivity index (χ4n) is 1.94. The van der Waals surface area contributed by atoms with Gasteiger partial charge in [-0.2, -0.15) is 0 Å². The molecule has 0 spiro atoms. The molecule has 18 heavy (non-hydrogen) atoms. The van der Waals surface area contributed by atoms with E-state index in [0.717, 1.165) is 12.8 Å². The van der Waals surface area contributed by atoms with E-state index in [4.69, 9.17) is 5.73 Å². The number of halogens is 1. The van der Waals surface area contributed by atoms with E-state index in [-0.39, 0.29) is 23.7 Å². The van der Waals surface area contributed by atoms with Crippen molar-refractivity contribution in [2.45, 2.75) is 32.7 Å². The van der Waals surface area contributed by atoms with Gasteiger partial charge in [0.2, 0.25) is 5.91 Å². The van der Waals surface area contributed by atoms with E-state index in [9.17, 15) is 9.18 Å². The number of benzene rings is 1. The SMILES string of the molecule is CCCC(CN)C(=O)NC(C)c1ccccc1F. The predicted molar refractivity (Wildman–Crippen MR) is 70.4 cm³/mol. The summed E-state index contributed by atoms with van der Waals surface area (Å²) in [5.74, 6) is -0.593. The number of rotatable bonds is 6. The molecule has 1 aromatic carbocycles. The normalized spacial score (nSPS) is 14.0. The van der Waals surface area contributed by atoms with Crippen LogP contribution in [-0.4, -0.2) is 12.5 Å². The minimum absolute atomic E-state index is 0.102. The van der Waals surface area contributed by atoms with Gasteiger partial charge in [-0.05, 0) is 19.4 Å². The highest BCUT2D eigenvalue weighted by Crippen LogP contribution is 2.17. The zero-order valence-corrected chi connectivity index (χ0v) is 10.9. The lowest BCUT2D eigenvalue weighted by atomic mass is 10.0. The van der Waals surface area contributed by atoms with Gasteiger partial charge in [0.15, 0.2) is 0 Å². The van der Waals surface area contributed by atoms with Crippen molar-refractivity contribution in [2.75, 3.05) is 6.54 Å². The molecule has 100 valence electrons. The molecule has 2 atom stereocenters. The lowest BCUT2D eigenvalue weighted by Crippen LogP contribution is -2.36. The van der Waals surface area contributed by atoms with Crippen LogP contribution in [0.3, 0.4) is 0 Å². The first kappa shape index (κ1) is 14.6. The van der Waals surface area contributed by atoms with E-state index in [1.807, 2.05) is 6.92 Å². The lowest BCUT2D eigenvalue weighted by molar-refractivity contribution is -0.125. The molecule has 3 nitrogen and oxygen atoms in total. The van der Waals surface area contributed by atoms with Gasteiger partial charge in [-0.15, -0.1) is 0 Å². The molecule has 1 aromatic rings. The topological polar surface area (TPSA) is 55.1 Å². The van der Waals surface area contributed by atoms with Crippen molar-refractivity contribution in [2.24, 2.45) is 11.7 Å². The Morgan fingerprint density at radius 2 is 2.11 bits per heavy atom. The molecule has 1 rings (SSSR count). The maximum Gasteiger partial charge on any atom is 0.224 e. The van der Waals surface area contributed by atoms with Crippen LogP contribution in [-0.2, 0) is 4.79 Å². The summed E-state index contributed by atoms with van der Waals surface area (Å²) >= 11 is 0. The molecule has 0 aliphatic rings. The molecule has 4 heteroatoms. The lowest BCUT2D eigenvalue weighted by Gasteiger charge is -2.19. The van der Waals surface area contributed by atoms with Gasteiger partial charge in [0.1, 0.15) is 5.82 Å². The summed E-state index contributed by atoms with van der Waals surface area (Å²) in [5.41, 5.74) is 6.07. The molecule has 0 bridgehead atoms. The van der Waals surface area contributed by atoms with Gasteiger partial charge >= 0.3 is 0 Å². The van der Waals surface area contributed by atoms with E-state index >= 15 is 0 Å². The van der Waals surface area contributed by atoms with Crippen molar-refractivity contribution >= 4 is 5.91 Å². The number of hydrogen-bond acceptors (Lipinski definition) is 2. The maximum absolute atomic E-state index is 13.5. The molecular formula is C14H21FN2O. The fourth-order valence-corrected chi connectivity index (χ4v) is 1.94. The predicted octanol–water partition coefficient (Wildman–Crippen LogP) is 2.38. The largest absolute Gasteiger partial charge is 0.349 e. The fraction of sp³-hybridized carbons (Fsp3) is 0.500. The average Bonchev–Trinajstić information content (AvgIpc) is 2.36. The molecule has 0 heterocycles. The minimum Gasteiger partial charge on any atom is -0.349 e. The molecule has 0 aliphatic heterocycles. The van der Waals surface area contributed by atoms with E-state index in [0.29, 0.717) is 12.1 Å². The molecule has 0 fully saturated rings. The molecular weight excluding hydrogens is 231 g/mol. The van der Waals surface area contributed by atoms with Gasteiger partial charge < -0.3 is 11.1 Å². The van der Waals surface area contributed by atoms with Crippen molar-refractivity contribution in [3.8, 4) is 0 Å². The van der Waals surface area contributed by atoms with E-state index in [2.05, 4.69) is 5.32 Å². The third kappa shape index (κ3) is 3.81. The summed E-state index contributed by atoms with van der Waals surface area (Å²) in [4.78, 5) is 11.9. The number of amides is 1. The van der Waals surface area contributed by atoms with Gasteiger partial charge in [0.05, 0.1) is 12.0 Å². The highest BCUT2D eigenvalue weighted by atomic mass is 19.1. The van der Waals surface area contributed by atoms with Crippen LogP contribution in [0.15, 0.2) is 24.3 Å². The Labute approximate surface area is 108 Å². The van der Waals surface area contributed by atoms with Crippen LogP contribution in [0.2, 0.25) is 0 Å². The van der Waals surface area contributed by atoms with Crippen LogP contribution in [0.1, 0.15) is 38.3 Å². The Bertz CT molecular complexity index is 395. The molecule has 0 saturated heterocycles. The number of nitrogens with two attached hydrogens (primary N) is 1. The van der Waals surface area contributed by atoms with Gasteiger partial charge in [0, 0.05) is 12.1 Å². The molecule has 1 amide bonds. The Kier molecular flexibility index (Phi) is 5.78. The molecule has 3 N–H and O–H groups in total. The zero-order valence-electron chi connectivity index (χ0n) is 10.9. The average molecular weight is 252 g/mol. The second-order valence-electron chi connectivity index (χ2n) is 4.47. The first-order valence-electron chi connectivity index (χ1n) is 6.35. The minimum atomic E-state index is -0.343. The zero-order chi connectivity index (χ0) is 13.5. The smallest absolute Gasteiger partial charge is 0.224 e. The summed E-state index contributed by atoms with van der Waals surface area (Å²) in [5, 5.41) is 2.81. The monoisotopic (exact) mass is 252 g/mol. The van der Waals surface area contributed by atoms with Gasteiger partial charge in [-0.25, -0.2) is 4.39 Å². The highest BCUT2D eigenvalue weighted by Gasteiger charge is 2.19. The quantitative estimate of drug-likeness (QED) is 0.816. The van der Waals surface area contributed by atoms with Crippen molar-refractivity contribution in [1.82, 2.24) is 5.32 Å². The van der Waals surface area contributed by atoms with Crippen LogP contribution < -0.4 is 11.1 Å². The van der Waals surface area contributed by atoms with Gasteiger partial charge in [-0.3, -0.25) is 4.79 Å². The summed E-state index contributed by atoms with van der Waals surface area (Å²) < 4.78 is 13.5. The van der Waals surface area contributed by atoms with E-state index in [1.54, 1.807) is 25.1 Å². The first-order chi connectivity index (χ1) is 8.60. The summed E-state index contributed by atoms with van der Waals surface area (Å²) in [6.45, 7) is 4.11. The van der Waals surface area contributed by atoms with Crippen molar-refractivity contribution < 1.29 is 9.18 Å². The second kappa shape index (κ2) is 7.11. The number of carbonyl (C=O) groups is 1. The second-order valence-corrected chi connectivity index (χ2v) is 4.47. The third-order valence-electron chi connectivity index (χ3n) is 3.02. The highest BCUT2D eigenvalue weighted by molar-refractivity contribution is 5.79. The van der Waals surface area contributed by atoms with E-state index < -0.39 is 0 Å². The summed E-state index contributed by atoms with van der Waals surface area (Å²) in [6.07, 6.45) is 1.66. The molecule has 0 aromatic heterocycles. The van der Waals surface area contributed by atoms with Crippen molar-refractivity contribution in [3.05, 3.63) is 35.6 Å². The number of carbonyl (C=O) groups excluding carboxylic acids is 1. The Morgan fingerprint density at radius 3 is 2.67 bits per heavy atom. The summed E-state index contributed by atoms with van der Waals surface area (Å²) in [7, 11) is 0. The number of hydrogen-bond donors (Lipinski definition) is 2. The molecule has 0 radical (unpaired) electrons. The van der Waals surface area contributed by atoms with Crippen molar-refractivity contribution in [3.63, 3.8) is 0 Å². The van der Waals surface area contributed by atoms with Crippen LogP contribution in [0.5, 0.6) is 0 Å². The van der Waals surface area contributed by atoms with Gasteiger partial charge in [0.25, 0.3) is 0 Å². The first-order valence-corrected chi connectivity index (χ1v) is 6.35. The number of nitrogens with one attached hydrogen (secondary N) is 1.